The summed E-state index contributed by atoms with van der Waals surface area (Å²) in [6.45, 7) is 5.90. The van der Waals surface area contributed by atoms with Gasteiger partial charge in [-0.25, -0.2) is 8.42 Å². The summed E-state index contributed by atoms with van der Waals surface area (Å²) in [5.41, 5.74) is 2.74. The highest BCUT2D eigenvalue weighted by Crippen LogP contribution is 2.60. The standard InChI is InChI=1S/C34H47N3O5S/c1-23(2)20-35-33(39)24(3)36(21-25-7-6-8-31(16-25)42-4)32(38)22-37(43(5,40)41)30-11-9-29(10-12-30)34-17-26-13-27(18-34)15-28(14-26)19-34/h6-12,16,23-24,26-28H,13-15,17-22H2,1-5H3,(H,35,39)/t24-,26?,27?,28?,34?/m0/s1. The Morgan fingerprint density at radius 2 is 1.58 bits per heavy atom. The van der Waals surface area contributed by atoms with Crippen molar-refractivity contribution < 1.29 is 22.7 Å². The highest BCUT2D eigenvalue weighted by Gasteiger charge is 2.51. The Kier molecular flexibility index (Phi) is 9.12. The van der Waals surface area contributed by atoms with Crippen LogP contribution in [-0.2, 0) is 31.6 Å². The molecule has 43 heavy (non-hydrogen) atoms. The molecule has 0 aromatic heterocycles. The maximum Gasteiger partial charge on any atom is 0.244 e. The first-order valence-electron chi connectivity index (χ1n) is 15.6. The first-order chi connectivity index (χ1) is 20.4. The number of carbonyl (C=O) groups is 2. The van der Waals surface area contributed by atoms with Crippen LogP contribution in [0.25, 0.3) is 0 Å². The van der Waals surface area contributed by atoms with Crippen molar-refractivity contribution >= 4 is 27.5 Å². The maximum atomic E-state index is 13.9. The van der Waals surface area contributed by atoms with E-state index in [0.29, 0.717) is 18.0 Å². The summed E-state index contributed by atoms with van der Waals surface area (Å²) in [5.74, 6) is 2.59. The summed E-state index contributed by atoms with van der Waals surface area (Å²) in [7, 11) is -2.22. The Hall–Kier alpha value is -3.07. The molecule has 0 unspecified atom stereocenters. The summed E-state index contributed by atoms with van der Waals surface area (Å²) in [6, 6.07) is 14.4. The molecule has 1 atom stereocenters. The summed E-state index contributed by atoms with van der Waals surface area (Å²) < 4.78 is 32.7. The third kappa shape index (κ3) is 7.03. The number of carbonyl (C=O) groups excluding carboxylic acids is 2. The second kappa shape index (κ2) is 12.5. The van der Waals surface area contributed by atoms with E-state index in [0.717, 1.165) is 33.9 Å². The van der Waals surface area contributed by atoms with Gasteiger partial charge in [0, 0.05) is 13.1 Å². The highest BCUT2D eigenvalue weighted by molar-refractivity contribution is 7.92. The van der Waals surface area contributed by atoms with Crippen LogP contribution in [0.1, 0.15) is 70.4 Å². The Labute approximate surface area is 257 Å². The van der Waals surface area contributed by atoms with Gasteiger partial charge in [-0.15, -0.1) is 0 Å². The van der Waals surface area contributed by atoms with Gasteiger partial charge in [0.15, 0.2) is 0 Å². The lowest BCUT2D eigenvalue weighted by Gasteiger charge is -2.57. The number of hydrogen-bond donors (Lipinski definition) is 1. The van der Waals surface area contributed by atoms with Gasteiger partial charge in [0.05, 0.1) is 19.1 Å². The molecule has 0 heterocycles. The number of anilines is 1. The van der Waals surface area contributed by atoms with E-state index < -0.39 is 28.5 Å². The molecule has 0 aliphatic heterocycles. The van der Waals surface area contributed by atoms with Gasteiger partial charge in [0.1, 0.15) is 18.3 Å². The number of ether oxygens (including phenoxy) is 1. The Morgan fingerprint density at radius 1 is 0.977 bits per heavy atom. The molecule has 0 radical (unpaired) electrons. The monoisotopic (exact) mass is 609 g/mol. The number of benzene rings is 2. The van der Waals surface area contributed by atoms with Crippen LogP contribution in [0.5, 0.6) is 5.75 Å². The van der Waals surface area contributed by atoms with Gasteiger partial charge in [-0.05, 0) is 110 Å². The van der Waals surface area contributed by atoms with E-state index in [4.69, 9.17) is 4.74 Å². The largest absolute Gasteiger partial charge is 0.497 e. The topological polar surface area (TPSA) is 96.0 Å². The number of amides is 2. The van der Waals surface area contributed by atoms with Crippen LogP contribution in [0.3, 0.4) is 0 Å². The van der Waals surface area contributed by atoms with Crippen molar-refractivity contribution in [3.8, 4) is 5.75 Å². The summed E-state index contributed by atoms with van der Waals surface area (Å²) in [4.78, 5) is 28.5. The third-order valence-corrected chi connectivity index (χ3v) is 11.0. The van der Waals surface area contributed by atoms with Crippen LogP contribution in [0.2, 0.25) is 0 Å². The average molecular weight is 610 g/mol. The smallest absolute Gasteiger partial charge is 0.244 e. The second-order valence-corrected chi connectivity index (χ2v) is 15.6. The van der Waals surface area contributed by atoms with E-state index in [9.17, 15) is 18.0 Å². The number of methoxy groups -OCH3 is 1. The molecule has 4 aliphatic rings. The van der Waals surface area contributed by atoms with Crippen molar-refractivity contribution in [2.75, 3.05) is 30.8 Å². The van der Waals surface area contributed by atoms with Gasteiger partial charge in [0.25, 0.3) is 0 Å². The predicted molar refractivity (Wildman–Crippen MR) is 169 cm³/mol. The highest BCUT2D eigenvalue weighted by atomic mass is 32.2. The number of nitrogens with one attached hydrogen (secondary N) is 1. The normalized spacial score (nSPS) is 24.9. The number of hydrogen-bond acceptors (Lipinski definition) is 5. The molecular formula is C34H47N3O5S. The Morgan fingerprint density at radius 3 is 2.12 bits per heavy atom. The van der Waals surface area contributed by atoms with Crippen molar-refractivity contribution in [2.45, 2.75) is 77.3 Å². The zero-order valence-electron chi connectivity index (χ0n) is 26.2. The minimum absolute atomic E-state index is 0.134. The molecule has 0 spiro atoms. The molecule has 2 amide bonds. The maximum absolute atomic E-state index is 13.9. The Bertz CT molecular complexity index is 1390. The van der Waals surface area contributed by atoms with Crippen LogP contribution >= 0.6 is 0 Å². The van der Waals surface area contributed by atoms with Gasteiger partial charge in [-0.3, -0.25) is 13.9 Å². The Balaban J connectivity index is 1.38. The van der Waals surface area contributed by atoms with Crippen molar-refractivity contribution in [3.63, 3.8) is 0 Å². The second-order valence-electron chi connectivity index (χ2n) is 13.7. The molecule has 9 heteroatoms. The lowest BCUT2D eigenvalue weighted by molar-refractivity contribution is -0.139. The van der Waals surface area contributed by atoms with Crippen LogP contribution in [0.4, 0.5) is 5.69 Å². The molecule has 4 fully saturated rings. The number of sulfonamides is 1. The quantitative estimate of drug-likeness (QED) is 0.361. The van der Waals surface area contributed by atoms with Gasteiger partial charge in [-0.2, -0.15) is 0 Å². The van der Waals surface area contributed by atoms with E-state index >= 15 is 0 Å². The van der Waals surface area contributed by atoms with Crippen molar-refractivity contribution in [1.82, 2.24) is 10.2 Å². The predicted octanol–water partition coefficient (Wildman–Crippen LogP) is 5.12. The molecule has 4 aliphatic carbocycles. The SMILES string of the molecule is COc1cccc(CN(C(=O)CN(c2ccc(C34CC5CC(CC(C5)C3)C4)cc2)S(C)(=O)=O)[C@@H](C)C(=O)NCC(C)C)c1. The fraction of sp³-hybridized carbons (Fsp3) is 0.588. The summed E-state index contributed by atoms with van der Waals surface area (Å²) in [6.07, 6.45) is 8.89. The van der Waals surface area contributed by atoms with E-state index in [2.05, 4.69) is 17.4 Å². The lowest BCUT2D eigenvalue weighted by atomic mass is 9.48. The van der Waals surface area contributed by atoms with Crippen LogP contribution in [0, 0.1) is 23.7 Å². The van der Waals surface area contributed by atoms with Gasteiger partial charge in [-0.1, -0.05) is 38.1 Å². The summed E-state index contributed by atoms with van der Waals surface area (Å²) >= 11 is 0. The third-order valence-electron chi connectivity index (χ3n) is 9.82. The summed E-state index contributed by atoms with van der Waals surface area (Å²) in [5, 5.41) is 2.91. The minimum atomic E-state index is -3.79. The first kappa shape index (κ1) is 31.4. The molecule has 4 saturated carbocycles. The average Bonchev–Trinajstić information content (AvgIpc) is 2.96. The molecular weight excluding hydrogens is 562 g/mol. The first-order valence-corrected chi connectivity index (χ1v) is 17.5. The minimum Gasteiger partial charge on any atom is -0.497 e. The van der Waals surface area contributed by atoms with E-state index in [1.54, 1.807) is 14.0 Å². The lowest BCUT2D eigenvalue weighted by Crippen LogP contribution is -2.51. The van der Waals surface area contributed by atoms with Crippen molar-refractivity contribution in [3.05, 3.63) is 59.7 Å². The molecule has 6 rings (SSSR count). The van der Waals surface area contributed by atoms with Gasteiger partial charge >= 0.3 is 0 Å². The zero-order valence-corrected chi connectivity index (χ0v) is 27.0. The zero-order chi connectivity index (χ0) is 30.9. The molecule has 4 bridgehead atoms. The number of rotatable bonds is 12. The van der Waals surface area contributed by atoms with Crippen LogP contribution in [0.15, 0.2) is 48.5 Å². The fourth-order valence-electron chi connectivity index (χ4n) is 8.06. The van der Waals surface area contributed by atoms with Crippen molar-refractivity contribution in [1.29, 1.82) is 0 Å². The molecule has 2 aromatic carbocycles. The number of nitrogens with zero attached hydrogens (tertiary/aromatic N) is 2. The van der Waals surface area contributed by atoms with E-state index in [1.807, 2.05) is 50.2 Å². The van der Waals surface area contributed by atoms with E-state index in [-0.39, 0.29) is 23.8 Å². The molecule has 1 N–H and O–H groups in total. The van der Waals surface area contributed by atoms with E-state index in [1.165, 1.54) is 49.0 Å². The van der Waals surface area contributed by atoms with Crippen molar-refractivity contribution in [2.24, 2.45) is 23.7 Å². The van der Waals surface area contributed by atoms with Gasteiger partial charge < -0.3 is 15.0 Å². The molecule has 0 saturated heterocycles. The fourth-order valence-corrected chi connectivity index (χ4v) is 8.91. The molecule has 234 valence electrons. The molecule has 8 nitrogen and oxygen atoms in total. The van der Waals surface area contributed by atoms with Gasteiger partial charge in [0.2, 0.25) is 21.8 Å². The molecule has 2 aromatic rings. The van der Waals surface area contributed by atoms with Crippen LogP contribution in [-0.4, -0.2) is 57.6 Å². The van der Waals surface area contributed by atoms with Crippen LogP contribution < -0.4 is 14.4 Å².